The number of ether oxygens (including phenoxy) is 1. The molecule has 0 aromatic rings. The van der Waals surface area contributed by atoms with Gasteiger partial charge < -0.3 is 20.3 Å². The van der Waals surface area contributed by atoms with Crippen molar-refractivity contribution in [1.29, 1.82) is 0 Å². The number of piperazine rings is 1. The van der Waals surface area contributed by atoms with E-state index in [-0.39, 0.29) is 18.4 Å². The third-order valence-corrected chi connectivity index (χ3v) is 3.05. The van der Waals surface area contributed by atoms with Gasteiger partial charge in [0.25, 0.3) is 0 Å². The van der Waals surface area contributed by atoms with Gasteiger partial charge in [-0.2, -0.15) is 0 Å². The first-order valence-electron chi connectivity index (χ1n) is 6.44. The highest BCUT2D eigenvalue weighted by molar-refractivity contribution is 5.85. The molecule has 7 heteroatoms. The molecule has 0 aliphatic carbocycles. The first kappa shape index (κ1) is 15.3. The predicted molar refractivity (Wildman–Crippen MR) is 68.2 cm³/mol. The van der Waals surface area contributed by atoms with E-state index in [2.05, 4.69) is 0 Å². The van der Waals surface area contributed by atoms with Gasteiger partial charge in [-0.3, -0.25) is 9.59 Å². The van der Waals surface area contributed by atoms with E-state index in [4.69, 9.17) is 10.5 Å². The normalized spacial score (nSPS) is 16.9. The fourth-order valence-electron chi connectivity index (χ4n) is 2.02. The van der Waals surface area contributed by atoms with Crippen molar-refractivity contribution in [2.45, 2.75) is 20.3 Å². The predicted octanol–water partition coefficient (Wildman–Crippen LogP) is -0.201. The van der Waals surface area contributed by atoms with E-state index >= 15 is 0 Å². The molecule has 0 saturated carbocycles. The van der Waals surface area contributed by atoms with Crippen LogP contribution in [0.2, 0.25) is 0 Å². The average molecular weight is 271 g/mol. The Kier molecular flexibility index (Phi) is 5.59. The molecular formula is C12H21N3O4. The molecule has 108 valence electrons. The van der Waals surface area contributed by atoms with Crippen LogP contribution in [-0.4, -0.2) is 60.5 Å². The van der Waals surface area contributed by atoms with Crippen LogP contribution in [0.5, 0.6) is 0 Å². The number of nitrogens with zero attached hydrogens (tertiary/aromatic N) is 2. The average Bonchev–Trinajstić information content (AvgIpc) is 2.37. The van der Waals surface area contributed by atoms with E-state index in [9.17, 15) is 14.4 Å². The molecule has 1 unspecified atom stereocenters. The Morgan fingerprint density at radius 3 is 2.16 bits per heavy atom. The monoisotopic (exact) mass is 271 g/mol. The summed E-state index contributed by atoms with van der Waals surface area (Å²) in [6.07, 6.45) is -0.295. The van der Waals surface area contributed by atoms with E-state index in [1.807, 2.05) is 0 Å². The molecule has 19 heavy (non-hydrogen) atoms. The SMILES string of the molecule is CCOC(=O)N1CCN(C(=O)C(C)CC(N)=O)CC1. The van der Waals surface area contributed by atoms with E-state index < -0.39 is 11.8 Å². The van der Waals surface area contributed by atoms with Gasteiger partial charge >= 0.3 is 6.09 Å². The van der Waals surface area contributed by atoms with Crippen molar-refractivity contribution < 1.29 is 19.1 Å². The highest BCUT2D eigenvalue weighted by Crippen LogP contribution is 2.11. The lowest BCUT2D eigenvalue weighted by molar-refractivity contribution is -0.138. The van der Waals surface area contributed by atoms with E-state index in [0.29, 0.717) is 32.8 Å². The summed E-state index contributed by atoms with van der Waals surface area (Å²) in [6.45, 7) is 5.60. The van der Waals surface area contributed by atoms with Gasteiger partial charge in [0.2, 0.25) is 11.8 Å². The number of primary amides is 1. The zero-order valence-corrected chi connectivity index (χ0v) is 11.4. The summed E-state index contributed by atoms with van der Waals surface area (Å²) in [6, 6.07) is 0. The van der Waals surface area contributed by atoms with Crippen LogP contribution in [0.1, 0.15) is 20.3 Å². The van der Waals surface area contributed by atoms with E-state index in [1.165, 1.54) is 0 Å². The molecule has 1 saturated heterocycles. The minimum Gasteiger partial charge on any atom is -0.450 e. The lowest BCUT2D eigenvalue weighted by Gasteiger charge is -2.35. The second-order valence-corrected chi connectivity index (χ2v) is 4.58. The molecule has 1 heterocycles. The molecule has 0 radical (unpaired) electrons. The fraction of sp³-hybridized carbons (Fsp3) is 0.750. The van der Waals surface area contributed by atoms with Crippen molar-refractivity contribution in [3.63, 3.8) is 0 Å². The second-order valence-electron chi connectivity index (χ2n) is 4.58. The maximum Gasteiger partial charge on any atom is 0.409 e. The molecule has 1 aliphatic rings. The Labute approximate surface area is 112 Å². The van der Waals surface area contributed by atoms with Gasteiger partial charge in [0.1, 0.15) is 0 Å². The van der Waals surface area contributed by atoms with E-state index in [0.717, 1.165) is 0 Å². The smallest absolute Gasteiger partial charge is 0.409 e. The fourth-order valence-corrected chi connectivity index (χ4v) is 2.02. The second kappa shape index (κ2) is 6.96. The first-order chi connectivity index (χ1) is 8.95. The van der Waals surface area contributed by atoms with Crippen LogP contribution in [0.25, 0.3) is 0 Å². The van der Waals surface area contributed by atoms with Crippen LogP contribution in [0, 0.1) is 5.92 Å². The Hall–Kier alpha value is -1.79. The maximum absolute atomic E-state index is 12.0. The van der Waals surface area contributed by atoms with Crippen LogP contribution in [-0.2, 0) is 14.3 Å². The molecule has 0 aromatic carbocycles. The number of amides is 3. The Morgan fingerprint density at radius 1 is 1.16 bits per heavy atom. The van der Waals surface area contributed by atoms with Gasteiger partial charge in [0, 0.05) is 38.5 Å². The van der Waals surface area contributed by atoms with Gasteiger partial charge in [-0.15, -0.1) is 0 Å². The molecule has 0 spiro atoms. The molecule has 1 atom stereocenters. The summed E-state index contributed by atoms with van der Waals surface area (Å²) < 4.78 is 4.90. The van der Waals surface area contributed by atoms with Crippen molar-refractivity contribution in [1.82, 2.24) is 9.80 Å². The topological polar surface area (TPSA) is 92.9 Å². The van der Waals surface area contributed by atoms with Gasteiger partial charge in [-0.25, -0.2) is 4.79 Å². The molecule has 0 bridgehead atoms. The lowest BCUT2D eigenvalue weighted by atomic mass is 10.1. The zero-order valence-electron chi connectivity index (χ0n) is 11.4. The molecule has 0 aromatic heterocycles. The van der Waals surface area contributed by atoms with Gasteiger partial charge in [0.05, 0.1) is 6.61 Å². The van der Waals surface area contributed by atoms with Crippen molar-refractivity contribution in [2.75, 3.05) is 32.8 Å². The maximum atomic E-state index is 12.0. The third-order valence-electron chi connectivity index (χ3n) is 3.05. The zero-order chi connectivity index (χ0) is 14.4. The van der Waals surface area contributed by atoms with Crippen molar-refractivity contribution in [2.24, 2.45) is 11.7 Å². The lowest BCUT2D eigenvalue weighted by Crippen LogP contribution is -2.52. The van der Waals surface area contributed by atoms with Crippen LogP contribution < -0.4 is 5.73 Å². The summed E-state index contributed by atoms with van der Waals surface area (Å²) in [5.74, 6) is -0.986. The largest absolute Gasteiger partial charge is 0.450 e. The molecule has 1 fully saturated rings. The summed E-state index contributed by atoms with van der Waals surface area (Å²) in [5, 5.41) is 0. The van der Waals surface area contributed by atoms with Gasteiger partial charge in [-0.1, -0.05) is 6.92 Å². The summed E-state index contributed by atoms with van der Waals surface area (Å²) in [7, 11) is 0. The molecule has 3 amide bonds. The van der Waals surface area contributed by atoms with Crippen LogP contribution in [0.3, 0.4) is 0 Å². The van der Waals surface area contributed by atoms with Gasteiger partial charge in [0.15, 0.2) is 0 Å². The quantitative estimate of drug-likeness (QED) is 0.766. The Balaban J connectivity index is 2.43. The number of rotatable bonds is 4. The number of hydrogen-bond donors (Lipinski definition) is 1. The van der Waals surface area contributed by atoms with Crippen LogP contribution >= 0.6 is 0 Å². The van der Waals surface area contributed by atoms with Crippen LogP contribution in [0.15, 0.2) is 0 Å². The van der Waals surface area contributed by atoms with Gasteiger partial charge in [-0.05, 0) is 6.92 Å². The summed E-state index contributed by atoms with van der Waals surface area (Å²) in [5.41, 5.74) is 5.08. The molecule has 7 nitrogen and oxygen atoms in total. The summed E-state index contributed by atoms with van der Waals surface area (Å²) in [4.78, 5) is 37.5. The Bertz CT molecular complexity index is 351. The standard InChI is InChI=1S/C12H21N3O4/c1-3-19-12(18)15-6-4-14(5-7-15)11(17)9(2)8-10(13)16/h9H,3-8H2,1-2H3,(H2,13,16). The highest BCUT2D eigenvalue weighted by Gasteiger charge is 2.27. The molecular weight excluding hydrogens is 250 g/mol. The third kappa shape index (κ3) is 4.42. The summed E-state index contributed by atoms with van der Waals surface area (Å²) >= 11 is 0. The highest BCUT2D eigenvalue weighted by atomic mass is 16.6. The number of carbonyl (C=O) groups excluding carboxylic acids is 3. The molecule has 2 N–H and O–H groups in total. The Morgan fingerprint density at radius 2 is 1.68 bits per heavy atom. The molecule has 1 rings (SSSR count). The van der Waals surface area contributed by atoms with Crippen molar-refractivity contribution in [3.05, 3.63) is 0 Å². The van der Waals surface area contributed by atoms with Crippen molar-refractivity contribution in [3.8, 4) is 0 Å². The number of nitrogens with two attached hydrogens (primary N) is 1. The minimum atomic E-state index is -0.481. The first-order valence-corrected chi connectivity index (χ1v) is 6.44. The number of hydrogen-bond acceptors (Lipinski definition) is 4. The molecule has 1 aliphatic heterocycles. The van der Waals surface area contributed by atoms with E-state index in [1.54, 1.807) is 23.6 Å². The van der Waals surface area contributed by atoms with Crippen molar-refractivity contribution >= 4 is 17.9 Å². The van der Waals surface area contributed by atoms with Crippen LogP contribution in [0.4, 0.5) is 4.79 Å². The minimum absolute atomic E-state index is 0.0525. The number of carbonyl (C=O) groups is 3.